The molecule has 0 bridgehead atoms. The van der Waals surface area contributed by atoms with E-state index in [2.05, 4.69) is 10.2 Å². The summed E-state index contributed by atoms with van der Waals surface area (Å²) in [7, 11) is 0. The largest absolute Gasteiger partial charge is 0.423 e. The van der Waals surface area contributed by atoms with E-state index in [9.17, 15) is 9.59 Å². The van der Waals surface area contributed by atoms with Crippen molar-refractivity contribution in [3.8, 4) is 5.75 Å². The van der Waals surface area contributed by atoms with Gasteiger partial charge in [0.1, 0.15) is 11.6 Å². The third-order valence-electron chi connectivity index (χ3n) is 6.15. The SMILES string of the molecule is N=C(N)c1ccc(C(=O)Oc2ccc(C(=O)NCC34CCCN3CCC4)cc2)cc1. The number of rotatable bonds is 6. The minimum absolute atomic E-state index is 0.0584. The van der Waals surface area contributed by atoms with Gasteiger partial charge in [-0.25, -0.2) is 4.79 Å². The summed E-state index contributed by atoms with van der Waals surface area (Å²) in [5, 5.41) is 10.5. The zero-order valence-electron chi connectivity index (χ0n) is 16.8. The number of nitrogens with zero attached hydrogens (tertiary/aromatic N) is 1. The van der Waals surface area contributed by atoms with Crippen molar-refractivity contribution in [1.29, 1.82) is 5.41 Å². The first-order valence-electron chi connectivity index (χ1n) is 10.3. The third-order valence-corrected chi connectivity index (χ3v) is 6.15. The van der Waals surface area contributed by atoms with Gasteiger partial charge in [0.2, 0.25) is 0 Å². The van der Waals surface area contributed by atoms with Crippen molar-refractivity contribution in [2.45, 2.75) is 31.2 Å². The second-order valence-electron chi connectivity index (χ2n) is 8.01. The van der Waals surface area contributed by atoms with Crippen LogP contribution in [-0.2, 0) is 0 Å². The lowest BCUT2D eigenvalue weighted by molar-refractivity contribution is 0.0734. The molecule has 0 unspecified atom stereocenters. The fourth-order valence-corrected chi connectivity index (χ4v) is 4.49. The first-order chi connectivity index (χ1) is 14.5. The van der Waals surface area contributed by atoms with Crippen molar-refractivity contribution in [1.82, 2.24) is 10.2 Å². The molecule has 156 valence electrons. The summed E-state index contributed by atoms with van der Waals surface area (Å²) in [6.07, 6.45) is 4.70. The van der Waals surface area contributed by atoms with Gasteiger partial charge in [0, 0.05) is 23.2 Å². The van der Waals surface area contributed by atoms with Gasteiger partial charge in [0.05, 0.1) is 5.56 Å². The molecular weight excluding hydrogens is 380 g/mol. The van der Waals surface area contributed by atoms with Gasteiger partial charge in [-0.1, -0.05) is 12.1 Å². The first-order valence-corrected chi connectivity index (χ1v) is 10.3. The van der Waals surface area contributed by atoms with E-state index in [1.807, 2.05) is 0 Å². The molecule has 7 heteroatoms. The van der Waals surface area contributed by atoms with Crippen LogP contribution in [0.2, 0.25) is 0 Å². The second kappa shape index (κ2) is 8.28. The van der Waals surface area contributed by atoms with Gasteiger partial charge in [-0.3, -0.25) is 15.1 Å². The molecule has 2 aliphatic rings. The molecule has 2 aliphatic heterocycles. The average molecular weight is 406 g/mol. The van der Waals surface area contributed by atoms with E-state index in [1.54, 1.807) is 48.5 Å². The summed E-state index contributed by atoms with van der Waals surface area (Å²) in [5.74, 6) is -0.315. The molecule has 1 amide bonds. The predicted octanol–water partition coefficient (Wildman–Crippen LogP) is 2.55. The molecule has 0 saturated carbocycles. The highest BCUT2D eigenvalue weighted by Crippen LogP contribution is 2.38. The molecule has 2 fully saturated rings. The molecule has 0 aromatic heterocycles. The number of hydrogen-bond acceptors (Lipinski definition) is 5. The van der Waals surface area contributed by atoms with E-state index in [1.165, 1.54) is 12.8 Å². The molecule has 4 N–H and O–H groups in total. The maximum absolute atomic E-state index is 12.6. The lowest BCUT2D eigenvalue weighted by atomic mass is 9.94. The van der Waals surface area contributed by atoms with Gasteiger partial charge in [0.25, 0.3) is 5.91 Å². The van der Waals surface area contributed by atoms with Crippen LogP contribution in [0.25, 0.3) is 0 Å². The highest BCUT2D eigenvalue weighted by molar-refractivity contribution is 5.97. The topological polar surface area (TPSA) is 109 Å². The Morgan fingerprint density at radius 3 is 2.13 bits per heavy atom. The summed E-state index contributed by atoms with van der Waals surface area (Å²) in [6, 6.07) is 12.9. The molecule has 0 aliphatic carbocycles. The van der Waals surface area contributed by atoms with Crippen LogP contribution in [0.4, 0.5) is 0 Å². The molecule has 2 heterocycles. The minimum Gasteiger partial charge on any atom is -0.423 e. The average Bonchev–Trinajstić information content (AvgIpc) is 3.33. The maximum atomic E-state index is 12.6. The monoisotopic (exact) mass is 406 g/mol. The number of amides is 1. The second-order valence-corrected chi connectivity index (χ2v) is 8.01. The van der Waals surface area contributed by atoms with Crippen LogP contribution >= 0.6 is 0 Å². The number of nitrogen functional groups attached to an aromatic ring is 1. The summed E-state index contributed by atoms with van der Waals surface area (Å²) in [6.45, 7) is 2.94. The number of hydrogen-bond donors (Lipinski definition) is 3. The van der Waals surface area contributed by atoms with Gasteiger partial charge < -0.3 is 15.8 Å². The third kappa shape index (κ3) is 4.07. The van der Waals surface area contributed by atoms with Crippen LogP contribution < -0.4 is 15.8 Å². The lowest BCUT2D eigenvalue weighted by Crippen LogP contribution is -2.48. The van der Waals surface area contributed by atoms with Crippen LogP contribution in [0.3, 0.4) is 0 Å². The molecule has 0 radical (unpaired) electrons. The number of nitrogens with two attached hydrogens (primary N) is 1. The molecule has 0 spiro atoms. The summed E-state index contributed by atoms with van der Waals surface area (Å²) >= 11 is 0. The Hall–Kier alpha value is -3.19. The highest BCUT2D eigenvalue weighted by Gasteiger charge is 2.44. The maximum Gasteiger partial charge on any atom is 0.343 e. The lowest BCUT2D eigenvalue weighted by Gasteiger charge is -2.32. The molecule has 2 aromatic rings. The molecular formula is C23H26N4O3. The molecule has 0 atom stereocenters. The van der Waals surface area contributed by atoms with Gasteiger partial charge in [-0.2, -0.15) is 0 Å². The number of fused-ring (bicyclic) bond motifs is 1. The van der Waals surface area contributed by atoms with Crippen molar-refractivity contribution in [2.75, 3.05) is 19.6 Å². The minimum atomic E-state index is -0.510. The normalized spacial score (nSPS) is 17.3. The smallest absolute Gasteiger partial charge is 0.343 e. The van der Waals surface area contributed by atoms with Crippen LogP contribution in [-0.4, -0.2) is 47.8 Å². The van der Waals surface area contributed by atoms with Crippen LogP contribution in [0.1, 0.15) is 52.0 Å². The van der Waals surface area contributed by atoms with E-state index < -0.39 is 5.97 Å². The van der Waals surface area contributed by atoms with Crippen molar-refractivity contribution >= 4 is 17.7 Å². The van der Waals surface area contributed by atoms with Gasteiger partial charge in [-0.05, 0) is 75.2 Å². The number of carbonyl (C=O) groups excluding carboxylic acids is 2. The molecule has 4 rings (SSSR count). The van der Waals surface area contributed by atoms with Gasteiger partial charge >= 0.3 is 5.97 Å². The van der Waals surface area contributed by atoms with E-state index in [0.717, 1.165) is 25.9 Å². The van der Waals surface area contributed by atoms with E-state index in [0.29, 0.717) is 29.0 Å². The van der Waals surface area contributed by atoms with Crippen molar-refractivity contribution in [3.63, 3.8) is 0 Å². The van der Waals surface area contributed by atoms with Crippen LogP contribution in [0.15, 0.2) is 48.5 Å². The molecule has 7 nitrogen and oxygen atoms in total. The van der Waals surface area contributed by atoms with Crippen molar-refractivity contribution < 1.29 is 14.3 Å². The summed E-state index contributed by atoms with van der Waals surface area (Å²) in [5.41, 5.74) is 7.00. The van der Waals surface area contributed by atoms with Gasteiger partial charge in [-0.15, -0.1) is 0 Å². The molecule has 2 saturated heterocycles. The Bertz CT molecular complexity index is 943. The van der Waals surface area contributed by atoms with E-state index in [4.69, 9.17) is 15.9 Å². The number of carbonyl (C=O) groups is 2. The Morgan fingerprint density at radius 2 is 1.53 bits per heavy atom. The number of amidine groups is 1. The molecule has 30 heavy (non-hydrogen) atoms. The summed E-state index contributed by atoms with van der Waals surface area (Å²) < 4.78 is 5.37. The van der Waals surface area contributed by atoms with Crippen LogP contribution in [0, 0.1) is 5.41 Å². The van der Waals surface area contributed by atoms with Crippen molar-refractivity contribution in [3.05, 3.63) is 65.2 Å². The fourth-order valence-electron chi connectivity index (χ4n) is 4.49. The quantitative estimate of drug-likeness (QED) is 0.296. The number of nitrogens with one attached hydrogen (secondary N) is 2. The van der Waals surface area contributed by atoms with E-state index >= 15 is 0 Å². The van der Waals surface area contributed by atoms with Crippen molar-refractivity contribution in [2.24, 2.45) is 5.73 Å². The predicted molar refractivity (Wildman–Crippen MR) is 114 cm³/mol. The van der Waals surface area contributed by atoms with Gasteiger partial charge in [0.15, 0.2) is 0 Å². The Balaban J connectivity index is 1.33. The van der Waals surface area contributed by atoms with Crippen LogP contribution in [0.5, 0.6) is 5.75 Å². The number of benzene rings is 2. The van der Waals surface area contributed by atoms with E-state index in [-0.39, 0.29) is 17.3 Å². The highest BCUT2D eigenvalue weighted by atomic mass is 16.5. The Labute approximate surface area is 175 Å². The summed E-state index contributed by atoms with van der Waals surface area (Å²) in [4.78, 5) is 27.4. The Morgan fingerprint density at radius 1 is 0.967 bits per heavy atom. The zero-order valence-corrected chi connectivity index (χ0v) is 16.8. The fraction of sp³-hybridized carbons (Fsp3) is 0.348. The number of esters is 1. The molecule has 2 aromatic carbocycles. The Kier molecular flexibility index (Phi) is 5.55. The number of ether oxygens (including phenoxy) is 1. The standard InChI is InChI=1S/C23H26N4O3/c24-20(25)16-3-5-18(6-4-16)22(29)30-19-9-7-17(8-10-19)21(28)26-15-23-11-1-13-27(23)14-2-12-23/h3-10H,1-2,11-15H2,(H3,24,25)(H,26,28). The zero-order chi connectivity index (χ0) is 21.1. The first kappa shape index (κ1) is 20.1.